The van der Waals surface area contributed by atoms with Crippen LogP contribution in [0.4, 0.5) is 11.6 Å². The van der Waals surface area contributed by atoms with Crippen molar-refractivity contribution in [1.29, 1.82) is 0 Å². The lowest BCUT2D eigenvalue weighted by Crippen LogP contribution is -2.10. The molecule has 0 saturated carbocycles. The molecule has 0 unspecified atom stereocenters. The fourth-order valence-electron chi connectivity index (χ4n) is 2.73. The number of nitrogens with zero attached hydrogens (tertiary/aromatic N) is 4. The number of hydrogen-bond donors (Lipinski definition) is 1. The summed E-state index contributed by atoms with van der Waals surface area (Å²) in [5, 5.41) is 15.6. The van der Waals surface area contributed by atoms with Crippen LogP contribution >= 0.6 is 0 Å². The molecule has 0 aliphatic rings. The van der Waals surface area contributed by atoms with Crippen LogP contribution in [0, 0.1) is 17.0 Å². The van der Waals surface area contributed by atoms with Gasteiger partial charge in [0.25, 0.3) is 5.69 Å². The first-order valence-electron chi connectivity index (χ1n) is 8.82. The molecule has 3 rings (SSSR count). The number of carbonyl (C=O) groups is 1. The number of benzene rings is 2. The minimum Gasteiger partial charge on any atom is -0.489 e. The molecule has 0 spiro atoms. The number of aryl methyl sites for hydroxylation is 1. The fraction of sp³-hybridized carbons (Fsp3) is 0.150. The van der Waals surface area contributed by atoms with Crippen LogP contribution in [-0.4, -0.2) is 33.9 Å². The second-order valence-corrected chi connectivity index (χ2v) is 6.24. The van der Waals surface area contributed by atoms with E-state index in [9.17, 15) is 14.9 Å². The first-order valence-corrected chi connectivity index (χ1v) is 8.82. The van der Waals surface area contributed by atoms with E-state index in [0.717, 1.165) is 11.3 Å². The number of imidazole rings is 1. The number of nitro groups is 1. The van der Waals surface area contributed by atoms with E-state index in [4.69, 9.17) is 15.2 Å². The van der Waals surface area contributed by atoms with E-state index in [1.807, 2.05) is 6.92 Å². The highest BCUT2D eigenvalue weighted by atomic mass is 16.6. The molecule has 0 aliphatic heterocycles. The van der Waals surface area contributed by atoms with E-state index in [0.29, 0.717) is 5.75 Å². The Balaban J connectivity index is 1.75. The number of carbonyl (C=O) groups excluding carboxylic acids is 1. The topological polar surface area (TPSA) is 135 Å². The highest BCUT2D eigenvalue weighted by molar-refractivity contribution is 5.92. The van der Waals surface area contributed by atoms with Crippen LogP contribution in [0.3, 0.4) is 0 Å². The molecule has 0 aliphatic carbocycles. The molecule has 0 fully saturated rings. The van der Waals surface area contributed by atoms with Crippen LogP contribution in [-0.2, 0) is 11.3 Å². The number of hydrogen-bond acceptors (Lipinski definition) is 8. The summed E-state index contributed by atoms with van der Waals surface area (Å²) in [7, 11) is 1.21. The maximum absolute atomic E-state index is 11.9. The molecule has 1 aromatic heterocycles. The first-order chi connectivity index (χ1) is 14.4. The summed E-state index contributed by atoms with van der Waals surface area (Å²) in [6.45, 7) is 1.65. The number of rotatable bonds is 7. The number of nitrogen functional groups attached to an aromatic ring is 1. The zero-order valence-electron chi connectivity index (χ0n) is 16.3. The van der Waals surface area contributed by atoms with Crippen LogP contribution < -0.4 is 10.5 Å². The molecule has 2 aromatic carbocycles. The Labute approximate surface area is 171 Å². The van der Waals surface area contributed by atoms with Crippen LogP contribution in [0.5, 0.6) is 5.75 Å². The van der Waals surface area contributed by atoms with Gasteiger partial charge in [0, 0.05) is 6.07 Å². The van der Waals surface area contributed by atoms with Crippen molar-refractivity contribution >= 4 is 23.8 Å². The highest BCUT2D eigenvalue weighted by Crippen LogP contribution is 2.25. The molecular formula is C20H19N5O5. The largest absolute Gasteiger partial charge is 0.489 e. The molecule has 10 heteroatoms. The Kier molecular flexibility index (Phi) is 6.06. The van der Waals surface area contributed by atoms with Crippen LogP contribution in [0.1, 0.15) is 27.2 Å². The van der Waals surface area contributed by atoms with Crippen molar-refractivity contribution in [3.8, 4) is 5.75 Å². The Hall–Kier alpha value is -4.21. The SMILES string of the molecule is COC(=O)c1cccc([N+](=O)[O-])c1COc1ccc(C=Nn2cc(C)nc2N)cc1. The van der Waals surface area contributed by atoms with Gasteiger partial charge in [0.2, 0.25) is 5.95 Å². The van der Waals surface area contributed by atoms with E-state index >= 15 is 0 Å². The predicted octanol–water partition coefficient (Wildman–Crippen LogP) is 2.93. The molecule has 0 bridgehead atoms. The average Bonchev–Trinajstić information content (AvgIpc) is 3.07. The van der Waals surface area contributed by atoms with Crippen molar-refractivity contribution in [2.75, 3.05) is 12.8 Å². The fourth-order valence-corrected chi connectivity index (χ4v) is 2.73. The summed E-state index contributed by atoms with van der Waals surface area (Å²) in [5.41, 5.74) is 7.30. The van der Waals surface area contributed by atoms with E-state index in [2.05, 4.69) is 10.1 Å². The van der Waals surface area contributed by atoms with Crippen molar-refractivity contribution in [3.05, 3.63) is 81.2 Å². The molecule has 10 nitrogen and oxygen atoms in total. The van der Waals surface area contributed by atoms with Crippen LogP contribution in [0.15, 0.2) is 53.8 Å². The van der Waals surface area contributed by atoms with Crippen molar-refractivity contribution in [2.24, 2.45) is 5.10 Å². The maximum atomic E-state index is 11.9. The number of methoxy groups -OCH3 is 1. The van der Waals surface area contributed by atoms with Gasteiger partial charge in [0.15, 0.2) is 0 Å². The monoisotopic (exact) mass is 409 g/mol. The van der Waals surface area contributed by atoms with Gasteiger partial charge < -0.3 is 15.2 Å². The lowest BCUT2D eigenvalue weighted by molar-refractivity contribution is -0.385. The van der Waals surface area contributed by atoms with Crippen molar-refractivity contribution in [1.82, 2.24) is 9.66 Å². The molecule has 154 valence electrons. The summed E-state index contributed by atoms with van der Waals surface area (Å²) in [5.74, 6) is 0.0894. The molecule has 0 saturated heterocycles. The minimum atomic E-state index is -0.669. The zero-order chi connectivity index (χ0) is 21.7. The molecule has 30 heavy (non-hydrogen) atoms. The quantitative estimate of drug-likeness (QED) is 0.274. The van der Waals surface area contributed by atoms with Gasteiger partial charge in [-0.05, 0) is 42.8 Å². The number of ether oxygens (including phenoxy) is 2. The minimum absolute atomic E-state index is 0.0867. The van der Waals surface area contributed by atoms with Gasteiger partial charge in [-0.1, -0.05) is 6.07 Å². The van der Waals surface area contributed by atoms with Gasteiger partial charge in [-0.3, -0.25) is 10.1 Å². The summed E-state index contributed by atoms with van der Waals surface area (Å²) in [4.78, 5) is 26.8. The zero-order valence-corrected chi connectivity index (χ0v) is 16.3. The highest BCUT2D eigenvalue weighted by Gasteiger charge is 2.22. The second-order valence-electron chi connectivity index (χ2n) is 6.24. The third kappa shape index (κ3) is 4.61. The molecule has 2 N–H and O–H groups in total. The van der Waals surface area contributed by atoms with Crippen LogP contribution in [0.25, 0.3) is 0 Å². The van der Waals surface area contributed by atoms with E-state index in [-0.39, 0.29) is 29.4 Å². The number of nitro benzene ring substituents is 1. The van der Waals surface area contributed by atoms with Crippen molar-refractivity contribution < 1.29 is 19.2 Å². The van der Waals surface area contributed by atoms with E-state index < -0.39 is 10.9 Å². The Morgan fingerprint density at radius 3 is 2.63 bits per heavy atom. The number of esters is 1. The lowest BCUT2D eigenvalue weighted by atomic mass is 10.1. The van der Waals surface area contributed by atoms with E-state index in [1.54, 1.807) is 36.7 Å². The van der Waals surface area contributed by atoms with Crippen LogP contribution in [0.2, 0.25) is 0 Å². The van der Waals surface area contributed by atoms with Gasteiger partial charge >= 0.3 is 5.97 Å². The molecular weight excluding hydrogens is 390 g/mol. The lowest BCUT2D eigenvalue weighted by Gasteiger charge is -2.10. The summed E-state index contributed by atoms with van der Waals surface area (Å²) in [6, 6.07) is 11.1. The van der Waals surface area contributed by atoms with Gasteiger partial charge in [-0.2, -0.15) is 5.10 Å². The maximum Gasteiger partial charge on any atom is 0.338 e. The van der Waals surface area contributed by atoms with Gasteiger partial charge in [0.1, 0.15) is 12.4 Å². The smallest absolute Gasteiger partial charge is 0.338 e. The van der Waals surface area contributed by atoms with Crippen molar-refractivity contribution in [2.45, 2.75) is 13.5 Å². The molecule has 3 aromatic rings. The van der Waals surface area contributed by atoms with Gasteiger partial charge in [-0.15, -0.1) is 0 Å². The summed E-state index contributed by atoms with van der Waals surface area (Å²) in [6.07, 6.45) is 3.31. The molecule has 0 atom stereocenters. The van der Waals surface area contributed by atoms with Gasteiger partial charge in [-0.25, -0.2) is 14.5 Å². The number of aromatic nitrogens is 2. The Morgan fingerprint density at radius 1 is 1.30 bits per heavy atom. The second kappa shape index (κ2) is 8.86. The Morgan fingerprint density at radius 2 is 2.03 bits per heavy atom. The number of nitrogens with two attached hydrogens (primary N) is 1. The normalized spacial score (nSPS) is 10.9. The average molecular weight is 409 g/mol. The third-order valence-electron chi connectivity index (χ3n) is 4.18. The van der Waals surface area contributed by atoms with Gasteiger partial charge in [0.05, 0.1) is 41.3 Å². The summed E-state index contributed by atoms with van der Waals surface area (Å²) >= 11 is 0. The molecule has 1 heterocycles. The first kappa shape index (κ1) is 20.5. The Bertz CT molecular complexity index is 1110. The third-order valence-corrected chi connectivity index (χ3v) is 4.18. The van der Waals surface area contributed by atoms with E-state index in [1.165, 1.54) is 30.0 Å². The predicted molar refractivity (Wildman–Crippen MR) is 110 cm³/mol. The van der Waals surface area contributed by atoms with Crippen molar-refractivity contribution in [3.63, 3.8) is 0 Å². The number of anilines is 1. The summed E-state index contributed by atoms with van der Waals surface area (Å²) < 4.78 is 11.8. The standard InChI is InChI=1S/C20H19N5O5/c1-13-11-24(20(21)23-13)22-10-14-6-8-15(9-7-14)30-12-17-16(19(26)29-2)4-3-5-18(17)25(27)28/h3-11H,12H2,1-2H3,(H2,21,23). The molecule has 0 radical (unpaired) electrons. The molecule has 0 amide bonds.